The zero-order chi connectivity index (χ0) is 26.8. The maximum absolute atomic E-state index is 13.5. The quantitative estimate of drug-likeness (QED) is 0.349. The van der Waals surface area contributed by atoms with Crippen LogP contribution in [0.2, 0.25) is 0 Å². The Morgan fingerprint density at radius 3 is 2.56 bits per heavy atom. The van der Waals surface area contributed by atoms with Gasteiger partial charge >= 0.3 is 0 Å². The topological polar surface area (TPSA) is 98.2 Å². The van der Waals surface area contributed by atoms with Gasteiger partial charge in [0.05, 0.1) is 18.1 Å². The highest BCUT2D eigenvalue weighted by molar-refractivity contribution is 5.83. The summed E-state index contributed by atoms with van der Waals surface area (Å²) in [5.41, 5.74) is 2.23. The van der Waals surface area contributed by atoms with E-state index >= 15 is 0 Å². The van der Waals surface area contributed by atoms with Crippen molar-refractivity contribution in [1.82, 2.24) is 30.1 Å². The van der Waals surface area contributed by atoms with Gasteiger partial charge in [-0.3, -0.25) is 9.69 Å². The van der Waals surface area contributed by atoms with Crippen molar-refractivity contribution in [3.8, 4) is 11.5 Å². The summed E-state index contributed by atoms with van der Waals surface area (Å²) in [6, 6.07) is 12.4. The van der Waals surface area contributed by atoms with Crippen LogP contribution in [0.4, 0.5) is 4.39 Å². The summed E-state index contributed by atoms with van der Waals surface area (Å²) in [5, 5.41) is 13.6. The Labute approximate surface area is 225 Å². The predicted octanol–water partition coefficient (Wildman–Crippen LogP) is 4.76. The molecule has 0 unspecified atom stereocenters. The maximum Gasteiger partial charge on any atom is 0.252 e. The number of tetrazole rings is 1. The van der Waals surface area contributed by atoms with Gasteiger partial charge in [0.2, 0.25) is 0 Å². The first-order valence-corrected chi connectivity index (χ1v) is 13.8. The van der Waals surface area contributed by atoms with Crippen LogP contribution in [0.15, 0.2) is 47.3 Å². The van der Waals surface area contributed by atoms with Gasteiger partial charge in [-0.05, 0) is 59.5 Å². The molecule has 1 aliphatic carbocycles. The van der Waals surface area contributed by atoms with Gasteiger partial charge in [-0.1, -0.05) is 38.3 Å². The second-order valence-electron chi connectivity index (χ2n) is 10.4. The van der Waals surface area contributed by atoms with Crippen LogP contribution in [-0.4, -0.2) is 49.3 Å². The minimum atomic E-state index is -0.272. The second kappa shape index (κ2) is 11.1. The summed E-state index contributed by atoms with van der Waals surface area (Å²) >= 11 is 0. The number of benzene rings is 2. The molecule has 1 atom stereocenters. The fourth-order valence-electron chi connectivity index (χ4n) is 5.90. The van der Waals surface area contributed by atoms with E-state index in [1.165, 1.54) is 18.6 Å². The SMILES string of the molecule is CC[C@@H](c1nnnn1Cc1ccc(F)cc1)N(Cc1cc2cc3c(cc2[nH]c1=O)OCCO3)C1CCCCC1. The summed E-state index contributed by atoms with van der Waals surface area (Å²) in [6.07, 6.45) is 6.48. The number of hydrogen-bond donors (Lipinski definition) is 1. The molecule has 39 heavy (non-hydrogen) atoms. The monoisotopic (exact) mass is 532 g/mol. The molecule has 0 bridgehead atoms. The number of aromatic nitrogens is 5. The van der Waals surface area contributed by atoms with Crippen molar-refractivity contribution >= 4 is 10.9 Å². The third-order valence-corrected chi connectivity index (χ3v) is 7.87. The summed E-state index contributed by atoms with van der Waals surface area (Å²) in [5.74, 6) is 1.83. The first-order chi connectivity index (χ1) is 19.1. The minimum Gasteiger partial charge on any atom is -0.486 e. The van der Waals surface area contributed by atoms with Gasteiger partial charge < -0.3 is 14.5 Å². The highest BCUT2D eigenvalue weighted by Gasteiger charge is 2.32. The van der Waals surface area contributed by atoms with E-state index in [1.54, 1.807) is 16.8 Å². The van der Waals surface area contributed by atoms with Crippen LogP contribution in [0.25, 0.3) is 10.9 Å². The number of aromatic amines is 1. The molecule has 6 rings (SSSR count). The molecule has 2 aliphatic rings. The van der Waals surface area contributed by atoms with Crippen molar-refractivity contribution in [2.24, 2.45) is 0 Å². The Kier molecular flexibility index (Phi) is 7.28. The van der Waals surface area contributed by atoms with Crippen molar-refractivity contribution in [3.63, 3.8) is 0 Å². The van der Waals surface area contributed by atoms with E-state index in [9.17, 15) is 9.18 Å². The van der Waals surface area contributed by atoms with Crippen LogP contribution in [0.5, 0.6) is 11.5 Å². The van der Waals surface area contributed by atoms with Crippen LogP contribution < -0.4 is 15.0 Å². The van der Waals surface area contributed by atoms with Crippen LogP contribution in [-0.2, 0) is 13.1 Å². The highest BCUT2D eigenvalue weighted by Crippen LogP contribution is 2.35. The lowest BCUT2D eigenvalue weighted by Gasteiger charge is -2.39. The lowest BCUT2D eigenvalue weighted by Crippen LogP contribution is -2.41. The molecular weight excluding hydrogens is 499 g/mol. The molecule has 3 heterocycles. The molecule has 204 valence electrons. The zero-order valence-corrected chi connectivity index (χ0v) is 22.1. The summed E-state index contributed by atoms with van der Waals surface area (Å²) in [4.78, 5) is 18.8. The first-order valence-electron chi connectivity index (χ1n) is 13.8. The first kappa shape index (κ1) is 25.5. The number of rotatable bonds is 8. The van der Waals surface area contributed by atoms with Crippen molar-refractivity contribution in [1.29, 1.82) is 0 Å². The van der Waals surface area contributed by atoms with Crippen molar-refractivity contribution in [2.45, 2.75) is 70.6 Å². The van der Waals surface area contributed by atoms with Crippen LogP contribution in [0.3, 0.4) is 0 Å². The molecule has 2 aromatic heterocycles. The number of nitrogens with zero attached hydrogens (tertiary/aromatic N) is 5. The molecule has 0 spiro atoms. The van der Waals surface area contributed by atoms with Gasteiger partial charge in [0, 0.05) is 29.6 Å². The molecule has 1 aliphatic heterocycles. The lowest BCUT2D eigenvalue weighted by atomic mass is 9.92. The Hall–Kier alpha value is -3.79. The van der Waals surface area contributed by atoms with Gasteiger partial charge in [0.1, 0.15) is 19.0 Å². The number of fused-ring (bicyclic) bond motifs is 2. The molecule has 0 saturated heterocycles. The molecule has 9 nitrogen and oxygen atoms in total. The molecule has 1 saturated carbocycles. The summed E-state index contributed by atoms with van der Waals surface area (Å²) < 4.78 is 26.7. The minimum absolute atomic E-state index is 0.0843. The van der Waals surface area contributed by atoms with Gasteiger partial charge in [-0.2, -0.15) is 0 Å². The number of nitrogens with one attached hydrogen (secondary N) is 1. The van der Waals surface area contributed by atoms with Crippen LogP contribution >= 0.6 is 0 Å². The van der Waals surface area contributed by atoms with E-state index in [-0.39, 0.29) is 17.4 Å². The smallest absolute Gasteiger partial charge is 0.252 e. The molecule has 1 fully saturated rings. The Bertz CT molecular complexity index is 1500. The maximum atomic E-state index is 13.5. The van der Waals surface area contributed by atoms with E-state index in [1.807, 2.05) is 18.2 Å². The fraction of sp³-hybridized carbons (Fsp3) is 0.448. The number of pyridine rings is 1. The third kappa shape index (κ3) is 5.38. The molecule has 10 heteroatoms. The molecular formula is C29H33FN6O3. The van der Waals surface area contributed by atoms with Crippen LogP contribution in [0, 0.1) is 5.82 Å². The third-order valence-electron chi connectivity index (χ3n) is 7.87. The lowest BCUT2D eigenvalue weighted by molar-refractivity contribution is 0.0844. The van der Waals surface area contributed by atoms with Gasteiger partial charge in [-0.25, -0.2) is 9.07 Å². The normalized spacial score (nSPS) is 16.6. The van der Waals surface area contributed by atoms with E-state index in [0.717, 1.165) is 54.4 Å². The average molecular weight is 533 g/mol. The van der Waals surface area contributed by atoms with E-state index < -0.39 is 0 Å². The number of H-pyrrole nitrogens is 1. The number of ether oxygens (including phenoxy) is 2. The largest absolute Gasteiger partial charge is 0.486 e. The molecule has 4 aromatic rings. The Morgan fingerprint density at radius 2 is 1.82 bits per heavy atom. The van der Waals surface area contributed by atoms with Gasteiger partial charge in [0.15, 0.2) is 17.3 Å². The fourth-order valence-corrected chi connectivity index (χ4v) is 5.90. The molecule has 0 radical (unpaired) electrons. The summed E-state index contributed by atoms with van der Waals surface area (Å²) in [6.45, 7) is 4.06. The highest BCUT2D eigenvalue weighted by atomic mass is 19.1. The predicted molar refractivity (Wildman–Crippen MR) is 144 cm³/mol. The standard InChI is InChI=1S/C29H33FN6O3/c1-2-25(28-32-33-34-36(28)17-19-8-10-22(30)11-9-19)35(23-6-4-3-5-7-23)18-21-14-20-15-26-27(39-13-12-38-26)16-24(20)31-29(21)37/h8-11,14-16,23,25H,2-7,12-13,17-18H2,1H3,(H,31,37)/t25-/m0/s1. The molecule has 2 aromatic carbocycles. The van der Waals surface area contributed by atoms with Crippen molar-refractivity contribution in [3.05, 3.63) is 75.6 Å². The second-order valence-corrected chi connectivity index (χ2v) is 10.4. The van der Waals surface area contributed by atoms with Crippen molar-refractivity contribution < 1.29 is 13.9 Å². The Morgan fingerprint density at radius 1 is 1.08 bits per heavy atom. The zero-order valence-electron chi connectivity index (χ0n) is 22.1. The molecule has 1 N–H and O–H groups in total. The Balaban J connectivity index is 1.34. The number of halogens is 1. The van der Waals surface area contributed by atoms with Gasteiger partial charge in [-0.15, -0.1) is 5.10 Å². The van der Waals surface area contributed by atoms with E-state index in [2.05, 4.69) is 32.3 Å². The number of hydrogen-bond acceptors (Lipinski definition) is 7. The van der Waals surface area contributed by atoms with E-state index in [0.29, 0.717) is 49.4 Å². The van der Waals surface area contributed by atoms with Crippen LogP contribution in [0.1, 0.15) is 68.4 Å². The van der Waals surface area contributed by atoms with Gasteiger partial charge in [0.25, 0.3) is 5.56 Å². The summed E-state index contributed by atoms with van der Waals surface area (Å²) in [7, 11) is 0. The molecule has 0 amide bonds. The van der Waals surface area contributed by atoms with Crippen molar-refractivity contribution in [2.75, 3.05) is 13.2 Å². The average Bonchev–Trinajstić information content (AvgIpc) is 3.41. The van der Waals surface area contributed by atoms with E-state index in [4.69, 9.17) is 9.47 Å².